The molecule has 2 amide bonds. The minimum absolute atomic E-state index is 0.0421. The van der Waals surface area contributed by atoms with Crippen LogP contribution in [0.3, 0.4) is 0 Å². The highest BCUT2D eigenvalue weighted by Crippen LogP contribution is 2.24. The predicted octanol–water partition coefficient (Wildman–Crippen LogP) is 3.05. The third kappa shape index (κ3) is 3.91. The second kappa shape index (κ2) is 8.41. The van der Waals surface area contributed by atoms with Crippen molar-refractivity contribution in [1.82, 2.24) is 20.0 Å². The summed E-state index contributed by atoms with van der Waals surface area (Å²) in [5, 5.41) is 8.42. The fourth-order valence-electron chi connectivity index (χ4n) is 3.67. The number of benzene rings is 2. The number of rotatable bonds is 4. The number of aromatic amines is 1. The Morgan fingerprint density at radius 2 is 1.77 bits per heavy atom. The highest BCUT2D eigenvalue weighted by molar-refractivity contribution is 5.97. The van der Waals surface area contributed by atoms with Crippen molar-refractivity contribution in [3.63, 3.8) is 0 Å². The molecule has 1 N–H and O–H groups in total. The number of para-hydroxylation sites is 1. The van der Waals surface area contributed by atoms with Gasteiger partial charge in [-0.05, 0) is 29.8 Å². The summed E-state index contributed by atoms with van der Waals surface area (Å²) >= 11 is 0. The Labute approximate surface area is 174 Å². The van der Waals surface area contributed by atoms with E-state index < -0.39 is 0 Å². The Morgan fingerprint density at radius 1 is 1.03 bits per heavy atom. The van der Waals surface area contributed by atoms with Crippen molar-refractivity contribution in [2.75, 3.05) is 33.3 Å². The van der Waals surface area contributed by atoms with Crippen LogP contribution >= 0.6 is 0 Å². The van der Waals surface area contributed by atoms with Gasteiger partial charge in [-0.3, -0.25) is 14.7 Å². The summed E-state index contributed by atoms with van der Waals surface area (Å²) in [5.74, 6) is 0.493. The Bertz CT molecular complexity index is 1110. The molecule has 3 aromatic rings. The van der Waals surface area contributed by atoms with Gasteiger partial charge in [0.15, 0.2) is 0 Å². The lowest BCUT2D eigenvalue weighted by atomic mass is 10.1. The molecule has 0 unspecified atom stereocenters. The standard InChI is InChI=1S/C23H24N4O3/c1-16(28)26-11-13-27(14-12-26)23(29)19-9-7-17(15-22(19)30-2)8-10-21-18-5-3-4-6-20(18)24-25-21/h3-10,15H,11-14H2,1-2H3,(H,24,25). The predicted molar refractivity (Wildman–Crippen MR) is 116 cm³/mol. The van der Waals surface area contributed by atoms with Gasteiger partial charge in [-0.15, -0.1) is 0 Å². The summed E-state index contributed by atoms with van der Waals surface area (Å²) in [6.45, 7) is 3.72. The van der Waals surface area contributed by atoms with Gasteiger partial charge in [0.2, 0.25) is 5.91 Å². The summed E-state index contributed by atoms with van der Waals surface area (Å²) in [7, 11) is 1.56. The first-order valence-electron chi connectivity index (χ1n) is 9.91. The highest BCUT2D eigenvalue weighted by atomic mass is 16.5. The molecule has 7 nitrogen and oxygen atoms in total. The second-order valence-corrected chi connectivity index (χ2v) is 7.25. The van der Waals surface area contributed by atoms with Crippen molar-refractivity contribution in [2.45, 2.75) is 6.92 Å². The van der Waals surface area contributed by atoms with E-state index in [0.717, 1.165) is 22.2 Å². The van der Waals surface area contributed by atoms with Crippen molar-refractivity contribution in [1.29, 1.82) is 0 Å². The van der Waals surface area contributed by atoms with E-state index in [1.165, 1.54) is 0 Å². The van der Waals surface area contributed by atoms with Gasteiger partial charge in [0.25, 0.3) is 5.91 Å². The fourth-order valence-corrected chi connectivity index (χ4v) is 3.67. The average molecular weight is 404 g/mol. The van der Waals surface area contributed by atoms with Gasteiger partial charge in [0, 0.05) is 38.5 Å². The zero-order valence-electron chi connectivity index (χ0n) is 17.1. The van der Waals surface area contributed by atoms with E-state index >= 15 is 0 Å². The summed E-state index contributed by atoms with van der Waals surface area (Å²) in [6, 6.07) is 13.5. The molecule has 0 saturated carbocycles. The van der Waals surface area contributed by atoms with Gasteiger partial charge in [-0.25, -0.2) is 0 Å². The molecule has 0 atom stereocenters. The zero-order chi connectivity index (χ0) is 21.1. The van der Waals surface area contributed by atoms with Crippen molar-refractivity contribution < 1.29 is 14.3 Å². The maximum atomic E-state index is 13.0. The first-order chi connectivity index (χ1) is 14.6. The third-order valence-corrected chi connectivity index (χ3v) is 5.40. The quantitative estimate of drug-likeness (QED) is 0.725. The van der Waals surface area contributed by atoms with Crippen LogP contribution in [-0.2, 0) is 4.79 Å². The Balaban J connectivity index is 1.51. The number of piperazine rings is 1. The van der Waals surface area contributed by atoms with Gasteiger partial charge < -0.3 is 14.5 Å². The highest BCUT2D eigenvalue weighted by Gasteiger charge is 2.25. The molecule has 1 fully saturated rings. The molecule has 4 rings (SSSR count). The van der Waals surface area contributed by atoms with E-state index in [-0.39, 0.29) is 11.8 Å². The molecule has 154 valence electrons. The molecular formula is C23H24N4O3. The lowest BCUT2D eigenvalue weighted by Gasteiger charge is -2.34. The third-order valence-electron chi connectivity index (χ3n) is 5.40. The number of fused-ring (bicyclic) bond motifs is 1. The van der Waals surface area contributed by atoms with Gasteiger partial charge in [-0.1, -0.05) is 30.3 Å². The van der Waals surface area contributed by atoms with Crippen LogP contribution in [0.4, 0.5) is 0 Å². The molecule has 0 aliphatic carbocycles. The van der Waals surface area contributed by atoms with Crippen LogP contribution in [0.2, 0.25) is 0 Å². The SMILES string of the molecule is COc1cc(C=Cc2n[nH]c3ccccc23)ccc1C(=O)N1CCN(C(C)=O)CC1. The molecule has 1 aliphatic heterocycles. The molecule has 7 heteroatoms. The van der Waals surface area contributed by atoms with Crippen molar-refractivity contribution in [3.05, 3.63) is 59.3 Å². The molecule has 2 heterocycles. The lowest BCUT2D eigenvalue weighted by Crippen LogP contribution is -2.50. The van der Waals surface area contributed by atoms with Crippen LogP contribution in [0.1, 0.15) is 28.5 Å². The zero-order valence-corrected chi connectivity index (χ0v) is 17.1. The summed E-state index contributed by atoms with van der Waals surface area (Å²) in [4.78, 5) is 28.0. The topological polar surface area (TPSA) is 78.5 Å². The van der Waals surface area contributed by atoms with Crippen LogP contribution in [0, 0.1) is 0 Å². The molecule has 2 aromatic carbocycles. The fraction of sp³-hybridized carbons (Fsp3) is 0.261. The van der Waals surface area contributed by atoms with E-state index in [9.17, 15) is 9.59 Å². The maximum Gasteiger partial charge on any atom is 0.257 e. The minimum Gasteiger partial charge on any atom is -0.496 e. The van der Waals surface area contributed by atoms with E-state index in [1.54, 1.807) is 29.9 Å². The van der Waals surface area contributed by atoms with Gasteiger partial charge in [0.05, 0.1) is 23.9 Å². The number of nitrogens with one attached hydrogen (secondary N) is 1. The molecule has 1 aromatic heterocycles. The van der Waals surface area contributed by atoms with Crippen LogP contribution in [-0.4, -0.2) is 65.1 Å². The van der Waals surface area contributed by atoms with Gasteiger partial charge >= 0.3 is 0 Å². The van der Waals surface area contributed by atoms with Crippen molar-refractivity contribution >= 4 is 34.9 Å². The lowest BCUT2D eigenvalue weighted by molar-refractivity contribution is -0.130. The van der Waals surface area contributed by atoms with Crippen LogP contribution in [0.5, 0.6) is 5.75 Å². The van der Waals surface area contributed by atoms with E-state index in [2.05, 4.69) is 10.2 Å². The summed E-state index contributed by atoms with van der Waals surface area (Å²) in [5.41, 5.74) is 3.28. The molecular weight excluding hydrogens is 380 g/mol. The Hall–Kier alpha value is -3.61. The normalized spacial score (nSPS) is 14.5. The van der Waals surface area contributed by atoms with E-state index in [4.69, 9.17) is 4.74 Å². The molecule has 0 bridgehead atoms. The van der Waals surface area contributed by atoms with E-state index in [0.29, 0.717) is 37.5 Å². The largest absolute Gasteiger partial charge is 0.496 e. The maximum absolute atomic E-state index is 13.0. The first-order valence-corrected chi connectivity index (χ1v) is 9.91. The number of ether oxygens (including phenoxy) is 1. The molecule has 0 radical (unpaired) electrons. The monoisotopic (exact) mass is 404 g/mol. The molecule has 1 aliphatic rings. The number of carbonyl (C=O) groups is 2. The summed E-state index contributed by atoms with van der Waals surface area (Å²) in [6.07, 6.45) is 3.89. The molecule has 30 heavy (non-hydrogen) atoms. The van der Waals surface area contributed by atoms with Crippen LogP contribution in [0.15, 0.2) is 42.5 Å². The number of methoxy groups -OCH3 is 1. The second-order valence-electron chi connectivity index (χ2n) is 7.25. The van der Waals surface area contributed by atoms with Gasteiger partial charge in [0.1, 0.15) is 5.75 Å². The van der Waals surface area contributed by atoms with Crippen LogP contribution in [0.25, 0.3) is 23.1 Å². The number of amides is 2. The number of carbonyl (C=O) groups excluding carboxylic acids is 2. The average Bonchev–Trinajstić information content (AvgIpc) is 3.20. The van der Waals surface area contributed by atoms with Gasteiger partial charge in [-0.2, -0.15) is 5.10 Å². The minimum atomic E-state index is -0.0797. The number of nitrogens with zero attached hydrogens (tertiary/aromatic N) is 3. The molecule has 0 spiro atoms. The number of H-pyrrole nitrogens is 1. The number of hydrogen-bond donors (Lipinski definition) is 1. The molecule has 1 saturated heterocycles. The Kier molecular flexibility index (Phi) is 5.52. The number of aromatic nitrogens is 2. The Morgan fingerprint density at radius 3 is 2.50 bits per heavy atom. The van der Waals surface area contributed by atoms with E-state index in [1.807, 2.05) is 48.6 Å². The first kappa shape index (κ1) is 19.7. The summed E-state index contributed by atoms with van der Waals surface area (Å²) < 4.78 is 5.50. The van der Waals surface area contributed by atoms with Crippen LogP contribution < -0.4 is 4.74 Å². The number of hydrogen-bond acceptors (Lipinski definition) is 4. The smallest absolute Gasteiger partial charge is 0.257 e. The van der Waals surface area contributed by atoms with Crippen molar-refractivity contribution in [3.8, 4) is 5.75 Å². The van der Waals surface area contributed by atoms with Crippen molar-refractivity contribution in [2.24, 2.45) is 0 Å².